The summed E-state index contributed by atoms with van der Waals surface area (Å²) in [6.07, 6.45) is 0. The van der Waals surface area contributed by atoms with Gasteiger partial charge in [-0.1, -0.05) is 19.9 Å². The van der Waals surface area contributed by atoms with E-state index in [1.54, 1.807) is 12.1 Å². The summed E-state index contributed by atoms with van der Waals surface area (Å²) < 4.78 is 5.04. The highest BCUT2D eigenvalue weighted by atomic mass is 16.4. The van der Waals surface area contributed by atoms with Crippen molar-refractivity contribution < 1.29 is 4.42 Å². The molecule has 0 saturated carbocycles. The average molecular weight is 213 g/mol. The molecule has 0 spiro atoms. The standard InChI is InChI=1S/C13H11NO2/c1-8(2)9-3-4-12-10(5-9)6-11(7-14)13(15)16-12/h3-6,8H,1-2H3. The molecule has 0 aliphatic rings. The third-order valence-corrected chi connectivity index (χ3v) is 2.54. The number of nitriles is 1. The third-order valence-electron chi connectivity index (χ3n) is 2.54. The van der Waals surface area contributed by atoms with Crippen molar-refractivity contribution in [3.63, 3.8) is 0 Å². The summed E-state index contributed by atoms with van der Waals surface area (Å²) in [6.45, 7) is 4.18. The van der Waals surface area contributed by atoms with Crippen molar-refractivity contribution in [1.29, 1.82) is 5.26 Å². The van der Waals surface area contributed by atoms with Crippen molar-refractivity contribution in [2.24, 2.45) is 0 Å². The topological polar surface area (TPSA) is 54.0 Å². The second-order valence-electron chi connectivity index (χ2n) is 4.01. The molecule has 0 bridgehead atoms. The molecule has 0 N–H and O–H groups in total. The van der Waals surface area contributed by atoms with Gasteiger partial charge in [-0.15, -0.1) is 0 Å². The molecule has 2 aromatic rings. The van der Waals surface area contributed by atoms with Crippen LogP contribution in [0.3, 0.4) is 0 Å². The van der Waals surface area contributed by atoms with Crippen LogP contribution in [0, 0.1) is 11.3 Å². The Balaban J connectivity index is 2.74. The number of hydrogen-bond acceptors (Lipinski definition) is 3. The Morgan fingerprint density at radius 1 is 1.31 bits per heavy atom. The molecule has 1 aromatic heterocycles. The van der Waals surface area contributed by atoms with Gasteiger partial charge in [-0.25, -0.2) is 4.79 Å². The van der Waals surface area contributed by atoms with Crippen LogP contribution in [0.4, 0.5) is 0 Å². The first-order valence-corrected chi connectivity index (χ1v) is 5.09. The van der Waals surface area contributed by atoms with Gasteiger partial charge in [-0.3, -0.25) is 0 Å². The van der Waals surface area contributed by atoms with Gasteiger partial charge in [0.15, 0.2) is 0 Å². The van der Waals surface area contributed by atoms with Gasteiger partial charge in [0.05, 0.1) is 0 Å². The fraction of sp³-hybridized carbons (Fsp3) is 0.231. The van der Waals surface area contributed by atoms with E-state index in [-0.39, 0.29) is 5.56 Å². The van der Waals surface area contributed by atoms with Gasteiger partial charge in [0, 0.05) is 5.39 Å². The Morgan fingerprint density at radius 3 is 2.69 bits per heavy atom. The number of nitrogens with zero attached hydrogens (tertiary/aromatic N) is 1. The van der Waals surface area contributed by atoms with E-state index in [1.165, 1.54) is 0 Å². The number of rotatable bonds is 1. The molecule has 1 aromatic carbocycles. The molecule has 0 amide bonds. The molecule has 0 fully saturated rings. The van der Waals surface area contributed by atoms with Crippen molar-refractivity contribution in [3.8, 4) is 6.07 Å². The Bertz CT molecular complexity index is 632. The van der Waals surface area contributed by atoms with Crippen LogP contribution >= 0.6 is 0 Å². The Morgan fingerprint density at radius 2 is 2.06 bits per heavy atom. The molecule has 0 radical (unpaired) electrons. The van der Waals surface area contributed by atoms with Crippen LogP contribution in [0.2, 0.25) is 0 Å². The van der Waals surface area contributed by atoms with Crippen molar-refractivity contribution >= 4 is 11.0 Å². The Labute approximate surface area is 92.9 Å². The predicted molar refractivity (Wildman–Crippen MR) is 61.3 cm³/mol. The summed E-state index contributed by atoms with van der Waals surface area (Å²) in [7, 11) is 0. The van der Waals surface area contributed by atoms with Crippen molar-refractivity contribution in [2.45, 2.75) is 19.8 Å². The van der Waals surface area contributed by atoms with Crippen LogP contribution in [0.25, 0.3) is 11.0 Å². The van der Waals surface area contributed by atoms with Gasteiger partial charge in [0.1, 0.15) is 17.2 Å². The fourth-order valence-corrected chi connectivity index (χ4v) is 1.58. The van der Waals surface area contributed by atoms with Crippen LogP contribution < -0.4 is 5.63 Å². The summed E-state index contributed by atoms with van der Waals surface area (Å²) in [5, 5.41) is 9.54. The third kappa shape index (κ3) is 1.70. The summed E-state index contributed by atoms with van der Waals surface area (Å²) in [5.41, 5.74) is 1.15. The zero-order valence-electron chi connectivity index (χ0n) is 9.15. The first kappa shape index (κ1) is 10.4. The molecule has 3 nitrogen and oxygen atoms in total. The summed E-state index contributed by atoms with van der Waals surface area (Å²) in [6, 6.07) is 9.06. The Hall–Kier alpha value is -2.08. The molecule has 1 heterocycles. The van der Waals surface area contributed by atoms with E-state index in [0.717, 1.165) is 10.9 Å². The van der Waals surface area contributed by atoms with E-state index in [1.807, 2.05) is 18.2 Å². The van der Waals surface area contributed by atoms with Gasteiger partial charge in [-0.05, 0) is 29.7 Å². The maximum Gasteiger partial charge on any atom is 0.354 e. The number of fused-ring (bicyclic) bond motifs is 1. The fourth-order valence-electron chi connectivity index (χ4n) is 1.58. The molecule has 2 rings (SSSR count). The van der Waals surface area contributed by atoms with E-state index in [9.17, 15) is 4.79 Å². The van der Waals surface area contributed by atoms with Crippen molar-refractivity contribution in [2.75, 3.05) is 0 Å². The molecular formula is C13H11NO2. The van der Waals surface area contributed by atoms with E-state index >= 15 is 0 Å². The maximum absolute atomic E-state index is 11.3. The lowest BCUT2D eigenvalue weighted by atomic mass is 10.0. The SMILES string of the molecule is CC(C)c1ccc2oc(=O)c(C#N)cc2c1. The van der Waals surface area contributed by atoms with E-state index in [4.69, 9.17) is 9.68 Å². The largest absolute Gasteiger partial charge is 0.422 e. The normalized spacial score (nSPS) is 10.6. The molecule has 80 valence electrons. The molecule has 0 saturated heterocycles. The van der Waals surface area contributed by atoms with E-state index in [2.05, 4.69) is 13.8 Å². The monoisotopic (exact) mass is 213 g/mol. The molecular weight excluding hydrogens is 202 g/mol. The molecule has 0 atom stereocenters. The number of benzene rings is 1. The van der Waals surface area contributed by atoms with E-state index < -0.39 is 5.63 Å². The van der Waals surface area contributed by atoms with E-state index in [0.29, 0.717) is 11.5 Å². The molecule has 3 heteroatoms. The lowest BCUT2D eigenvalue weighted by Crippen LogP contribution is -2.03. The summed E-state index contributed by atoms with van der Waals surface area (Å²) in [4.78, 5) is 11.3. The Kier molecular flexibility index (Phi) is 2.49. The van der Waals surface area contributed by atoms with Crippen LogP contribution in [0.1, 0.15) is 30.9 Å². The highest BCUT2D eigenvalue weighted by molar-refractivity contribution is 5.78. The molecule has 0 aliphatic heterocycles. The van der Waals surface area contributed by atoms with Gasteiger partial charge in [0.25, 0.3) is 0 Å². The zero-order chi connectivity index (χ0) is 11.7. The smallest absolute Gasteiger partial charge is 0.354 e. The highest BCUT2D eigenvalue weighted by Crippen LogP contribution is 2.20. The van der Waals surface area contributed by atoms with Crippen LogP contribution in [0.5, 0.6) is 0 Å². The first-order valence-electron chi connectivity index (χ1n) is 5.09. The van der Waals surface area contributed by atoms with Crippen LogP contribution in [-0.4, -0.2) is 0 Å². The number of hydrogen-bond donors (Lipinski definition) is 0. The van der Waals surface area contributed by atoms with Crippen LogP contribution in [0.15, 0.2) is 33.5 Å². The lowest BCUT2D eigenvalue weighted by Gasteiger charge is -2.05. The van der Waals surface area contributed by atoms with Gasteiger partial charge >= 0.3 is 5.63 Å². The second kappa shape index (κ2) is 3.82. The minimum atomic E-state index is -0.577. The minimum Gasteiger partial charge on any atom is -0.422 e. The molecule has 16 heavy (non-hydrogen) atoms. The molecule has 0 aliphatic carbocycles. The summed E-state index contributed by atoms with van der Waals surface area (Å²) in [5.74, 6) is 0.405. The van der Waals surface area contributed by atoms with Gasteiger partial charge in [0.2, 0.25) is 0 Å². The maximum atomic E-state index is 11.3. The minimum absolute atomic E-state index is 0.0495. The lowest BCUT2D eigenvalue weighted by molar-refractivity contribution is 0.558. The van der Waals surface area contributed by atoms with Crippen LogP contribution in [-0.2, 0) is 0 Å². The second-order valence-corrected chi connectivity index (χ2v) is 4.01. The predicted octanol–water partition coefficient (Wildman–Crippen LogP) is 2.79. The first-order chi connectivity index (χ1) is 7.61. The summed E-state index contributed by atoms with van der Waals surface area (Å²) >= 11 is 0. The highest BCUT2D eigenvalue weighted by Gasteiger charge is 2.06. The molecule has 0 unspecified atom stereocenters. The van der Waals surface area contributed by atoms with Gasteiger partial charge < -0.3 is 4.42 Å². The van der Waals surface area contributed by atoms with Crippen molar-refractivity contribution in [3.05, 3.63) is 45.8 Å². The average Bonchev–Trinajstić information content (AvgIpc) is 2.27. The quantitative estimate of drug-likeness (QED) is 0.684. The zero-order valence-corrected chi connectivity index (χ0v) is 9.15. The van der Waals surface area contributed by atoms with Crippen molar-refractivity contribution in [1.82, 2.24) is 0 Å². The van der Waals surface area contributed by atoms with Gasteiger partial charge in [-0.2, -0.15) is 5.26 Å².